The Bertz CT molecular complexity index is 702. The SMILES string of the molecule is CCOc1cc2c(cc1OCC)C(=O)C(CC1CCN(CC3CCCC3)CC1)C2. The highest BCUT2D eigenvalue weighted by atomic mass is 16.5. The predicted octanol–water partition coefficient (Wildman–Crippen LogP) is 5.13. The van der Waals surface area contributed by atoms with Gasteiger partial charge in [-0.15, -0.1) is 0 Å². The summed E-state index contributed by atoms with van der Waals surface area (Å²) in [5.74, 6) is 3.58. The Balaban J connectivity index is 1.33. The van der Waals surface area contributed by atoms with Crippen LogP contribution in [0, 0.1) is 17.8 Å². The number of hydrogen-bond acceptors (Lipinski definition) is 4. The van der Waals surface area contributed by atoms with Gasteiger partial charge in [0.05, 0.1) is 13.2 Å². The van der Waals surface area contributed by atoms with E-state index in [1.807, 2.05) is 26.0 Å². The van der Waals surface area contributed by atoms with E-state index in [9.17, 15) is 4.79 Å². The smallest absolute Gasteiger partial charge is 0.166 e. The first-order valence-electron chi connectivity index (χ1n) is 11.9. The van der Waals surface area contributed by atoms with Crippen LogP contribution in [0.1, 0.15) is 74.7 Å². The van der Waals surface area contributed by atoms with Crippen molar-refractivity contribution in [2.24, 2.45) is 17.8 Å². The summed E-state index contributed by atoms with van der Waals surface area (Å²) in [5.41, 5.74) is 2.01. The zero-order chi connectivity index (χ0) is 20.2. The third-order valence-corrected chi connectivity index (χ3v) is 7.19. The molecular weight excluding hydrogens is 362 g/mol. The van der Waals surface area contributed by atoms with Gasteiger partial charge in [-0.2, -0.15) is 0 Å². The molecule has 1 unspecified atom stereocenters. The maximum atomic E-state index is 13.1. The molecule has 4 heteroatoms. The predicted molar refractivity (Wildman–Crippen MR) is 116 cm³/mol. The van der Waals surface area contributed by atoms with Gasteiger partial charge in [0.15, 0.2) is 17.3 Å². The molecule has 1 saturated heterocycles. The number of piperidine rings is 1. The number of nitrogens with zero attached hydrogens (tertiary/aromatic N) is 1. The van der Waals surface area contributed by atoms with Crippen LogP contribution < -0.4 is 9.47 Å². The van der Waals surface area contributed by atoms with Crippen molar-refractivity contribution < 1.29 is 14.3 Å². The highest BCUT2D eigenvalue weighted by Gasteiger charge is 2.34. The van der Waals surface area contributed by atoms with Crippen molar-refractivity contribution in [2.75, 3.05) is 32.8 Å². The number of carbonyl (C=O) groups excluding carboxylic acids is 1. The summed E-state index contributed by atoms with van der Waals surface area (Å²) in [6.45, 7) is 8.88. The summed E-state index contributed by atoms with van der Waals surface area (Å²) in [5, 5.41) is 0. The van der Waals surface area contributed by atoms with E-state index in [4.69, 9.17) is 9.47 Å². The second-order valence-corrected chi connectivity index (χ2v) is 9.22. The molecule has 4 rings (SSSR count). The summed E-state index contributed by atoms with van der Waals surface area (Å²) in [7, 11) is 0. The molecule has 1 aromatic rings. The van der Waals surface area contributed by atoms with E-state index in [-0.39, 0.29) is 5.92 Å². The summed E-state index contributed by atoms with van der Waals surface area (Å²) in [4.78, 5) is 15.8. The number of Topliss-reactive ketones (excluding diaryl/α,β-unsaturated/α-hetero) is 1. The van der Waals surface area contributed by atoms with Crippen LogP contribution in [0.2, 0.25) is 0 Å². The first-order chi connectivity index (χ1) is 14.2. The van der Waals surface area contributed by atoms with E-state index in [0.717, 1.165) is 35.6 Å². The number of benzene rings is 1. The minimum absolute atomic E-state index is 0.141. The van der Waals surface area contributed by atoms with Crippen molar-refractivity contribution in [3.63, 3.8) is 0 Å². The lowest BCUT2D eigenvalue weighted by Crippen LogP contribution is -2.37. The molecular formula is C25H37NO3. The van der Waals surface area contributed by atoms with Gasteiger partial charge in [0, 0.05) is 18.0 Å². The number of rotatable bonds is 8. The third-order valence-electron chi connectivity index (χ3n) is 7.19. The fourth-order valence-corrected chi connectivity index (χ4v) is 5.67. The molecule has 0 aromatic heterocycles. The molecule has 1 aliphatic heterocycles. The lowest BCUT2D eigenvalue weighted by atomic mass is 9.85. The second kappa shape index (κ2) is 9.51. The molecule has 0 amide bonds. The van der Waals surface area contributed by atoms with Gasteiger partial charge < -0.3 is 14.4 Å². The van der Waals surface area contributed by atoms with E-state index in [0.29, 0.717) is 30.7 Å². The first-order valence-corrected chi connectivity index (χ1v) is 11.9. The van der Waals surface area contributed by atoms with E-state index < -0.39 is 0 Å². The summed E-state index contributed by atoms with van der Waals surface area (Å²) < 4.78 is 11.5. The summed E-state index contributed by atoms with van der Waals surface area (Å²) >= 11 is 0. The summed E-state index contributed by atoms with van der Waals surface area (Å²) in [6.07, 6.45) is 10.1. The molecule has 0 spiro atoms. The van der Waals surface area contributed by atoms with E-state index >= 15 is 0 Å². The fraction of sp³-hybridized carbons (Fsp3) is 0.720. The third kappa shape index (κ3) is 4.79. The Morgan fingerprint density at radius 3 is 2.24 bits per heavy atom. The number of hydrogen-bond donors (Lipinski definition) is 0. The number of ketones is 1. The number of likely N-dealkylation sites (tertiary alicyclic amines) is 1. The number of carbonyl (C=O) groups is 1. The van der Waals surface area contributed by atoms with E-state index in [2.05, 4.69) is 4.90 Å². The average Bonchev–Trinajstić information content (AvgIpc) is 3.33. The molecule has 2 aliphatic carbocycles. The molecule has 0 N–H and O–H groups in total. The molecule has 4 nitrogen and oxygen atoms in total. The lowest BCUT2D eigenvalue weighted by molar-refractivity contribution is 0.0892. The van der Waals surface area contributed by atoms with Crippen molar-refractivity contribution in [1.82, 2.24) is 4.90 Å². The number of fused-ring (bicyclic) bond motifs is 1. The maximum Gasteiger partial charge on any atom is 0.166 e. The molecule has 160 valence electrons. The molecule has 1 atom stereocenters. The highest BCUT2D eigenvalue weighted by molar-refractivity contribution is 6.02. The summed E-state index contributed by atoms with van der Waals surface area (Å²) in [6, 6.07) is 3.97. The Morgan fingerprint density at radius 1 is 0.931 bits per heavy atom. The largest absolute Gasteiger partial charge is 0.490 e. The Labute approximate surface area is 175 Å². The van der Waals surface area contributed by atoms with Crippen LogP contribution in [-0.4, -0.2) is 43.5 Å². The quantitative estimate of drug-likeness (QED) is 0.607. The Kier molecular flexibility index (Phi) is 6.79. The van der Waals surface area contributed by atoms with Gasteiger partial charge in [0.25, 0.3) is 0 Å². The van der Waals surface area contributed by atoms with Crippen molar-refractivity contribution in [1.29, 1.82) is 0 Å². The first kappa shape index (κ1) is 20.7. The molecule has 1 saturated carbocycles. The normalized spacial score (nSPS) is 23.5. The lowest BCUT2D eigenvalue weighted by Gasteiger charge is -2.34. The van der Waals surface area contributed by atoms with Crippen LogP contribution in [-0.2, 0) is 6.42 Å². The Morgan fingerprint density at radius 2 is 1.59 bits per heavy atom. The molecule has 29 heavy (non-hydrogen) atoms. The number of ether oxygens (including phenoxy) is 2. The van der Waals surface area contributed by atoms with Crippen LogP contribution in [0.5, 0.6) is 11.5 Å². The van der Waals surface area contributed by atoms with Gasteiger partial charge in [0.2, 0.25) is 0 Å². The van der Waals surface area contributed by atoms with Gasteiger partial charge in [-0.25, -0.2) is 0 Å². The van der Waals surface area contributed by atoms with E-state index in [1.54, 1.807) is 0 Å². The topological polar surface area (TPSA) is 38.8 Å². The van der Waals surface area contributed by atoms with Crippen LogP contribution >= 0.6 is 0 Å². The van der Waals surface area contributed by atoms with Crippen LogP contribution in [0.4, 0.5) is 0 Å². The van der Waals surface area contributed by atoms with Crippen molar-refractivity contribution >= 4 is 5.78 Å². The van der Waals surface area contributed by atoms with Gasteiger partial charge >= 0.3 is 0 Å². The van der Waals surface area contributed by atoms with Crippen molar-refractivity contribution in [3.8, 4) is 11.5 Å². The van der Waals surface area contributed by atoms with E-state index in [1.165, 1.54) is 58.2 Å². The van der Waals surface area contributed by atoms with Crippen LogP contribution in [0.15, 0.2) is 12.1 Å². The fourth-order valence-electron chi connectivity index (χ4n) is 5.67. The second-order valence-electron chi connectivity index (χ2n) is 9.22. The minimum atomic E-state index is 0.141. The van der Waals surface area contributed by atoms with Crippen molar-refractivity contribution in [3.05, 3.63) is 23.3 Å². The standard InChI is InChI=1S/C25H37NO3/c1-3-28-23-15-20-14-21(25(27)22(20)16-24(23)29-4-2)13-18-9-11-26(12-10-18)17-19-7-5-6-8-19/h15-16,18-19,21H,3-14,17H2,1-2H3. The van der Waals surface area contributed by atoms with Crippen LogP contribution in [0.25, 0.3) is 0 Å². The molecule has 3 aliphatic rings. The van der Waals surface area contributed by atoms with Gasteiger partial charge in [-0.3, -0.25) is 4.79 Å². The van der Waals surface area contributed by atoms with Crippen molar-refractivity contribution in [2.45, 2.75) is 65.2 Å². The minimum Gasteiger partial charge on any atom is -0.490 e. The zero-order valence-corrected chi connectivity index (χ0v) is 18.3. The highest BCUT2D eigenvalue weighted by Crippen LogP contribution is 2.40. The maximum absolute atomic E-state index is 13.1. The van der Waals surface area contributed by atoms with Gasteiger partial charge in [-0.1, -0.05) is 12.8 Å². The van der Waals surface area contributed by atoms with Crippen LogP contribution in [0.3, 0.4) is 0 Å². The zero-order valence-electron chi connectivity index (χ0n) is 18.3. The van der Waals surface area contributed by atoms with Gasteiger partial charge in [0.1, 0.15) is 0 Å². The molecule has 1 aromatic carbocycles. The average molecular weight is 400 g/mol. The molecule has 0 radical (unpaired) electrons. The Hall–Kier alpha value is -1.55. The monoisotopic (exact) mass is 399 g/mol. The molecule has 0 bridgehead atoms. The molecule has 1 heterocycles. The molecule has 2 fully saturated rings. The van der Waals surface area contributed by atoms with Gasteiger partial charge in [-0.05, 0) is 95.0 Å².